The van der Waals surface area contributed by atoms with Crippen molar-refractivity contribution < 1.29 is 19.5 Å². The summed E-state index contributed by atoms with van der Waals surface area (Å²) in [5, 5.41) is 14.2. The third kappa shape index (κ3) is 3.61. The molecule has 0 aliphatic carbocycles. The van der Waals surface area contributed by atoms with Gasteiger partial charge in [0.05, 0.1) is 0 Å². The van der Waals surface area contributed by atoms with Crippen molar-refractivity contribution in [3.63, 3.8) is 0 Å². The molecule has 114 valence electrons. The van der Waals surface area contributed by atoms with Gasteiger partial charge in [-0.1, -0.05) is 20.3 Å². The first-order valence-corrected chi connectivity index (χ1v) is 6.93. The van der Waals surface area contributed by atoms with Crippen molar-refractivity contribution >= 4 is 17.9 Å². The maximum absolute atomic E-state index is 12.2. The molecule has 20 heavy (non-hydrogen) atoms. The molecule has 0 aromatic rings. The molecule has 1 rings (SSSR count). The summed E-state index contributed by atoms with van der Waals surface area (Å²) in [7, 11) is 1.52. The van der Waals surface area contributed by atoms with E-state index < -0.39 is 24.1 Å². The van der Waals surface area contributed by atoms with Gasteiger partial charge in [-0.15, -0.1) is 0 Å². The third-order valence-electron chi connectivity index (χ3n) is 3.82. The van der Waals surface area contributed by atoms with Crippen LogP contribution in [0.25, 0.3) is 0 Å². The Balaban J connectivity index is 2.73. The third-order valence-corrected chi connectivity index (χ3v) is 3.82. The second kappa shape index (κ2) is 7.12. The lowest BCUT2D eigenvalue weighted by atomic mass is 9.99. The first kappa shape index (κ1) is 16.3. The van der Waals surface area contributed by atoms with Crippen molar-refractivity contribution in [2.24, 2.45) is 5.92 Å². The van der Waals surface area contributed by atoms with Crippen LogP contribution in [0.1, 0.15) is 33.1 Å². The van der Waals surface area contributed by atoms with Crippen LogP contribution >= 0.6 is 0 Å². The average molecular weight is 285 g/mol. The maximum atomic E-state index is 12.2. The van der Waals surface area contributed by atoms with Gasteiger partial charge in [-0.3, -0.25) is 4.79 Å². The Bertz CT molecular complexity index is 386. The molecule has 1 aliphatic heterocycles. The van der Waals surface area contributed by atoms with E-state index in [0.717, 1.165) is 6.42 Å². The van der Waals surface area contributed by atoms with Crippen molar-refractivity contribution in [2.45, 2.75) is 45.2 Å². The highest BCUT2D eigenvalue weighted by Crippen LogP contribution is 2.18. The minimum atomic E-state index is -1.05. The molecule has 0 radical (unpaired) electrons. The number of rotatable bonds is 5. The molecule has 0 aromatic heterocycles. The van der Waals surface area contributed by atoms with Crippen LogP contribution in [0.15, 0.2) is 0 Å². The van der Waals surface area contributed by atoms with Crippen LogP contribution < -0.4 is 10.6 Å². The fourth-order valence-electron chi connectivity index (χ4n) is 2.35. The van der Waals surface area contributed by atoms with Crippen LogP contribution in [0.4, 0.5) is 4.79 Å². The molecule has 0 bridgehead atoms. The van der Waals surface area contributed by atoms with Crippen molar-refractivity contribution in [3.8, 4) is 0 Å². The van der Waals surface area contributed by atoms with E-state index in [-0.39, 0.29) is 11.8 Å². The van der Waals surface area contributed by atoms with Crippen LogP contribution in [-0.4, -0.2) is 53.6 Å². The lowest BCUT2D eigenvalue weighted by Crippen LogP contribution is -2.54. The number of likely N-dealkylation sites (N-methyl/N-ethyl adjacent to an activating group) is 1. The number of hydrogen-bond acceptors (Lipinski definition) is 3. The number of nitrogens with one attached hydrogen (secondary N) is 2. The number of carboxylic acid groups (broad SMARTS) is 1. The molecule has 0 spiro atoms. The minimum absolute atomic E-state index is 0.169. The molecule has 1 saturated heterocycles. The second-order valence-corrected chi connectivity index (χ2v) is 5.12. The van der Waals surface area contributed by atoms with Gasteiger partial charge in [0.1, 0.15) is 12.1 Å². The zero-order valence-corrected chi connectivity index (χ0v) is 12.2. The van der Waals surface area contributed by atoms with Crippen LogP contribution in [-0.2, 0) is 9.59 Å². The van der Waals surface area contributed by atoms with E-state index in [9.17, 15) is 19.5 Å². The van der Waals surface area contributed by atoms with Gasteiger partial charge >= 0.3 is 12.0 Å². The molecule has 7 heteroatoms. The molecule has 3 amide bonds. The van der Waals surface area contributed by atoms with Crippen molar-refractivity contribution in [2.75, 3.05) is 13.6 Å². The summed E-state index contributed by atoms with van der Waals surface area (Å²) in [5.41, 5.74) is 0. The Morgan fingerprint density at radius 1 is 1.40 bits per heavy atom. The van der Waals surface area contributed by atoms with Gasteiger partial charge in [-0.25, -0.2) is 9.59 Å². The standard InChI is InChI=1S/C13H23N3O4/c1-4-8(2)10(12(18)19)15-13(20)16-7-5-6-9(16)11(17)14-3/h8-10H,4-7H2,1-3H3,(H,14,17)(H,15,20)(H,18,19)/t8?,9?,10-/m0/s1. The van der Waals surface area contributed by atoms with Crippen molar-refractivity contribution in [1.29, 1.82) is 0 Å². The normalized spacial score (nSPS) is 21.1. The molecule has 1 aliphatic rings. The van der Waals surface area contributed by atoms with Crippen LogP contribution in [0, 0.1) is 5.92 Å². The Morgan fingerprint density at radius 3 is 2.55 bits per heavy atom. The van der Waals surface area contributed by atoms with Crippen molar-refractivity contribution in [3.05, 3.63) is 0 Å². The summed E-state index contributed by atoms with van der Waals surface area (Å²) in [6.45, 7) is 4.12. The molecule has 1 heterocycles. The molecule has 3 N–H and O–H groups in total. The fraction of sp³-hybridized carbons (Fsp3) is 0.769. The quantitative estimate of drug-likeness (QED) is 0.681. The number of hydrogen-bond donors (Lipinski definition) is 3. The van der Waals surface area contributed by atoms with Crippen LogP contribution in [0.2, 0.25) is 0 Å². The summed E-state index contributed by atoms with van der Waals surface area (Å²) in [6, 6.07) is -1.92. The molecule has 0 saturated carbocycles. The van der Waals surface area contributed by atoms with Crippen LogP contribution in [0.5, 0.6) is 0 Å². The number of carbonyl (C=O) groups excluding carboxylic acids is 2. The number of aliphatic carboxylic acids is 1. The van der Waals surface area contributed by atoms with E-state index >= 15 is 0 Å². The topological polar surface area (TPSA) is 98.7 Å². The number of carbonyl (C=O) groups is 3. The summed E-state index contributed by atoms with van der Waals surface area (Å²) in [4.78, 5) is 36.5. The van der Waals surface area contributed by atoms with Gasteiger partial charge in [0.2, 0.25) is 5.91 Å². The molecule has 3 atom stereocenters. The Labute approximate surface area is 118 Å². The predicted molar refractivity (Wildman–Crippen MR) is 73.2 cm³/mol. The average Bonchev–Trinajstić information content (AvgIpc) is 2.91. The molecular weight excluding hydrogens is 262 g/mol. The first-order chi connectivity index (χ1) is 9.42. The predicted octanol–water partition coefficient (Wildman–Crippen LogP) is 0.406. The van der Waals surface area contributed by atoms with Crippen molar-refractivity contribution in [1.82, 2.24) is 15.5 Å². The largest absolute Gasteiger partial charge is 0.480 e. The molecular formula is C13H23N3O4. The van der Waals surface area contributed by atoms with E-state index in [4.69, 9.17) is 0 Å². The summed E-state index contributed by atoms with van der Waals surface area (Å²) < 4.78 is 0. The lowest BCUT2D eigenvalue weighted by Gasteiger charge is -2.27. The smallest absolute Gasteiger partial charge is 0.326 e. The molecule has 2 unspecified atom stereocenters. The van der Waals surface area contributed by atoms with Gasteiger partial charge < -0.3 is 20.6 Å². The maximum Gasteiger partial charge on any atom is 0.326 e. The number of amides is 3. The van der Waals surface area contributed by atoms with Gasteiger partial charge in [-0.05, 0) is 18.8 Å². The summed E-state index contributed by atoms with van der Waals surface area (Å²) in [5.74, 6) is -1.44. The molecule has 0 aromatic carbocycles. The highest BCUT2D eigenvalue weighted by atomic mass is 16.4. The number of likely N-dealkylation sites (tertiary alicyclic amines) is 1. The Hall–Kier alpha value is -1.79. The van der Waals surface area contributed by atoms with E-state index in [0.29, 0.717) is 19.4 Å². The summed E-state index contributed by atoms with van der Waals surface area (Å²) >= 11 is 0. The SMILES string of the molecule is CCC(C)[C@H](NC(=O)N1CCCC1C(=O)NC)C(=O)O. The second-order valence-electron chi connectivity index (χ2n) is 5.12. The summed E-state index contributed by atoms with van der Waals surface area (Å²) in [6.07, 6.45) is 2.00. The monoisotopic (exact) mass is 285 g/mol. The number of carboxylic acids is 1. The highest BCUT2D eigenvalue weighted by molar-refractivity contribution is 5.89. The molecule has 7 nitrogen and oxygen atoms in total. The van der Waals surface area contributed by atoms with Gasteiger partial charge in [0, 0.05) is 13.6 Å². The zero-order chi connectivity index (χ0) is 15.3. The van der Waals surface area contributed by atoms with Gasteiger partial charge in [0.25, 0.3) is 0 Å². The number of urea groups is 1. The van der Waals surface area contributed by atoms with E-state index in [1.165, 1.54) is 11.9 Å². The van der Waals surface area contributed by atoms with Crippen LogP contribution in [0.3, 0.4) is 0 Å². The fourth-order valence-corrected chi connectivity index (χ4v) is 2.35. The van der Waals surface area contributed by atoms with E-state index in [1.54, 1.807) is 6.92 Å². The Morgan fingerprint density at radius 2 is 2.05 bits per heavy atom. The van der Waals surface area contributed by atoms with Gasteiger partial charge in [-0.2, -0.15) is 0 Å². The van der Waals surface area contributed by atoms with E-state index in [2.05, 4.69) is 10.6 Å². The Kier molecular flexibility index (Phi) is 5.79. The first-order valence-electron chi connectivity index (χ1n) is 6.93. The van der Waals surface area contributed by atoms with Gasteiger partial charge in [0.15, 0.2) is 0 Å². The number of nitrogens with zero attached hydrogens (tertiary/aromatic N) is 1. The highest BCUT2D eigenvalue weighted by Gasteiger charge is 2.36. The molecule has 1 fully saturated rings. The van der Waals surface area contributed by atoms with E-state index in [1.807, 2.05) is 6.92 Å². The minimum Gasteiger partial charge on any atom is -0.480 e. The lowest BCUT2D eigenvalue weighted by molar-refractivity contribution is -0.140. The zero-order valence-electron chi connectivity index (χ0n) is 12.2.